The molecule has 32 heavy (non-hydrogen) atoms. The summed E-state index contributed by atoms with van der Waals surface area (Å²) in [6.07, 6.45) is 0. The number of rotatable bonds is 4. The maximum absolute atomic E-state index is 13.3. The molecular weight excluding hydrogens is 404 g/mol. The van der Waals surface area contributed by atoms with E-state index in [2.05, 4.69) is 5.32 Å². The van der Waals surface area contributed by atoms with Crippen molar-refractivity contribution in [1.82, 2.24) is 4.90 Å². The molecule has 0 aliphatic carbocycles. The lowest BCUT2D eigenvalue weighted by atomic mass is 9.78. The van der Waals surface area contributed by atoms with E-state index in [0.717, 1.165) is 16.7 Å². The van der Waals surface area contributed by atoms with Gasteiger partial charge in [0.05, 0.1) is 6.54 Å². The van der Waals surface area contributed by atoms with Crippen molar-refractivity contribution in [3.63, 3.8) is 0 Å². The van der Waals surface area contributed by atoms with Crippen molar-refractivity contribution in [2.24, 2.45) is 5.73 Å². The Balaban J connectivity index is 1.90. The second kappa shape index (κ2) is 7.97. The predicted octanol–water partition coefficient (Wildman–Crippen LogP) is 4.50. The lowest BCUT2D eigenvalue weighted by Gasteiger charge is -2.28. The first-order valence-corrected chi connectivity index (χ1v) is 10.6. The molecule has 170 valence electrons. The molecule has 7 heteroatoms. The van der Waals surface area contributed by atoms with Crippen LogP contribution in [-0.4, -0.2) is 34.2 Å². The Morgan fingerprint density at radius 3 is 2.12 bits per heavy atom. The third-order valence-electron chi connectivity index (χ3n) is 5.69. The molecule has 0 saturated heterocycles. The second-order valence-electron chi connectivity index (χ2n) is 10.4. The normalized spacial score (nSPS) is 13.8. The van der Waals surface area contributed by atoms with E-state index in [4.69, 9.17) is 11.1 Å². The molecule has 2 aromatic rings. The maximum Gasteiger partial charge on any atom is 0.316 e. The summed E-state index contributed by atoms with van der Waals surface area (Å²) in [6.45, 7) is 12.5. The molecule has 1 aliphatic rings. The van der Waals surface area contributed by atoms with Crippen molar-refractivity contribution in [2.75, 3.05) is 11.9 Å². The topological polar surface area (TPSA) is 120 Å². The Morgan fingerprint density at radius 1 is 1.06 bits per heavy atom. The minimum Gasteiger partial charge on any atom is -0.507 e. The number of hydrogen-bond donors (Lipinski definition) is 4. The Morgan fingerprint density at radius 2 is 1.62 bits per heavy atom. The monoisotopic (exact) mass is 436 g/mol. The van der Waals surface area contributed by atoms with E-state index in [0.29, 0.717) is 23.4 Å². The zero-order valence-corrected chi connectivity index (χ0v) is 19.6. The number of nitrogens with two attached hydrogens (primary N) is 1. The Labute approximate surface area is 189 Å². The number of primary amides is 1. The van der Waals surface area contributed by atoms with Gasteiger partial charge in [-0.05, 0) is 40.7 Å². The number of Topliss-reactive ketones (excluding diaryl/α,β-unsaturated/α-hetero) is 1. The molecule has 0 aromatic heterocycles. The zero-order chi connectivity index (χ0) is 24.0. The van der Waals surface area contributed by atoms with E-state index in [1.807, 2.05) is 47.6 Å². The number of phenolic OH excluding ortho intramolecular Hbond substituents is 1. The van der Waals surface area contributed by atoms with Gasteiger partial charge in [0.2, 0.25) is 0 Å². The summed E-state index contributed by atoms with van der Waals surface area (Å²) in [5, 5.41) is 21.9. The van der Waals surface area contributed by atoms with Gasteiger partial charge in [0.1, 0.15) is 11.6 Å². The Kier molecular flexibility index (Phi) is 5.80. The van der Waals surface area contributed by atoms with Crippen molar-refractivity contribution >= 4 is 23.3 Å². The fourth-order valence-electron chi connectivity index (χ4n) is 3.95. The number of carbonyl (C=O) groups is 2. The number of amides is 2. The fourth-order valence-corrected chi connectivity index (χ4v) is 3.95. The Hall–Kier alpha value is -3.35. The van der Waals surface area contributed by atoms with Crippen LogP contribution in [0.4, 0.5) is 10.5 Å². The number of fused-ring (bicyclic) bond motifs is 1. The molecule has 0 fully saturated rings. The van der Waals surface area contributed by atoms with E-state index >= 15 is 0 Å². The summed E-state index contributed by atoms with van der Waals surface area (Å²) in [7, 11) is 0. The van der Waals surface area contributed by atoms with Crippen LogP contribution in [0.25, 0.3) is 0 Å². The van der Waals surface area contributed by atoms with Gasteiger partial charge in [-0.15, -0.1) is 0 Å². The van der Waals surface area contributed by atoms with E-state index < -0.39 is 6.03 Å². The van der Waals surface area contributed by atoms with Crippen LogP contribution in [0.2, 0.25) is 0 Å². The van der Waals surface area contributed by atoms with E-state index in [9.17, 15) is 14.7 Å². The SMILES string of the molecule is CC(C)(C)c1cc(C(=O)CN2Cc3ccc(NC(N)=O)cc3C2=N)cc(C(C)(C)C)c1O. The van der Waals surface area contributed by atoms with Crippen LogP contribution in [0.15, 0.2) is 30.3 Å². The van der Waals surface area contributed by atoms with Gasteiger partial charge < -0.3 is 21.1 Å². The van der Waals surface area contributed by atoms with Crippen molar-refractivity contribution in [3.05, 3.63) is 58.1 Å². The van der Waals surface area contributed by atoms with Crippen LogP contribution in [0.3, 0.4) is 0 Å². The number of hydrogen-bond acceptors (Lipinski definition) is 4. The number of urea groups is 1. The number of phenols is 1. The van der Waals surface area contributed by atoms with Crippen LogP contribution in [-0.2, 0) is 17.4 Å². The predicted molar refractivity (Wildman–Crippen MR) is 127 cm³/mol. The molecule has 7 nitrogen and oxygen atoms in total. The summed E-state index contributed by atoms with van der Waals surface area (Å²) < 4.78 is 0. The number of ketones is 1. The molecule has 2 aromatic carbocycles. The summed E-state index contributed by atoms with van der Waals surface area (Å²) >= 11 is 0. The number of carbonyl (C=O) groups excluding carboxylic acids is 2. The highest BCUT2D eigenvalue weighted by molar-refractivity contribution is 6.06. The summed E-state index contributed by atoms with van der Waals surface area (Å²) in [5.74, 6) is 0.346. The first-order valence-electron chi connectivity index (χ1n) is 10.6. The van der Waals surface area contributed by atoms with Gasteiger partial charge >= 0.3 is 6.03 Å². The average Bonchev–Trinajstić information content (AvgIpc) is 2.95. The summed E-state index contributed by atoms with van der Waals surface area (Å²) in [4.78, 5) is 26.1. The van der Waals surface area contributed by atoms with Gasteiger partial charge in [0.25, 0.3) is 0 Å². The fraction of sp³-hybridized carbons (Fsp3) is 0.400. The first-order chi connectivity index (χ1) is 14.7. The third kappa shape index (κ3) is 4.61. The van der Waals surface area contributed by atoms with Crippen molar-refractivity contribution in [2.45, 2.75) is 58.9 Å². The number of amidine groups is 1. The van der Waals surface area contributed by atoms with Crippen molar-refractivity contribution in [3.8, 4) is 5.75 Å². The molecule has 0 atom stereocenters. The number of anilines is 1. The molecule has 0 radical (unpaired) electrons. The van der Waals surface area contributed by atoms with Crippen LogP contribution in [0.5, 0.6) is 5.75 Å². The first kappa shape index (κ1) is 23.3. The molecule has 5 N–H and O–H groups in total. The molecule has 3 rings (SSSR count). The lowest BCUT2D eigenvalue weighted by Crippen LogP contribution is -2.30. The van der Waals surface area contributed by atoms with Gasteiger partial charge in [-0.1, -0.05) is 47.6 Å². The van der Waals surface area contributed by atoms with Crippen LogP contribution >= 0.6 is 0 Å². The standard InChI is InChI=1S/C25H32N4O3/c1-24(2,3)18-9-15(10-19(21(18)31)25(4,5)6)20(30)13-29-12-14-7-8-16(28-23(27)32)11-17(14)22(29)26/h7-11,26,31H,12-13H2,1-6H3,(H3,27,28,32). The highest BCUT2D eigenvalue weighted by Gasteiger charge is 2.30. The zero-order valence-electron chi connectivity index (χ0n) is 19.6. The summed E-state index contributed by atoms with van der Waals surface area (Å²) in [5.41, 5.74) is 8.59. The summed E-state index contributed by atoms with van der Waals surface area (Å²) in [6, 6.07) is 8.13. The van der Waals surface area contributed by atoms with E-state index in [-0.39, 0.29) is 34.7 Å². The average molecular weight is 437 g/mol. The largest absolute Gasteiger partial charge is 0.507 e. The molecular formula is C25H32N4O3. The van der Waals surface area contributed by atoms with Gasteiger partial charge in [-0.25, -0.2) is 4.79 Å². The molecule has 0 spiro atoms. The van der Waals surface area contributed by atoms with E-state index in [1.165, 1.54) is 0 Å². The number of nitrogens with one attached hydrogen (secondary N) is 2. The Bertz CT molecular complexity index is 1070. The van der Waals surface area contributed by atoms with Crippen LogP contribution in [0.1, 0.15) is 74.2 Å². The van der Waals surface area contributed by atoms with Crippen molar-refractivity contribution < 1.29 is 14.7 Å². The molecule has 0 bridgehead atoms. The van der Waals surface area contributed by atoms with Crippen molar-refractivity contribution in [1.29, 1.82) is 5.41 Å². The molecule has 1 heterocycles. The van der Waals surface area contributed by atoms with E-state index in [1.54, 1.807) is 29.2 Å². The van der Waals surface area contributed by atoms with Gasteiger partial charge in [-0.3, -0.25) is 10.2 Å². The number of benzene rings is 2. The smallest absolute Gasteiger partial charge is 0.316 e. The van der Waals surface area contributed by atoms with Gasteiger partial charge in [-0.2, -0.15) is 0 Å². The quantitative estimate of drug-likeness (QED) is 0.527. The molecule has 0 saturated carbocycles. The minimum absolute atomic E-state index is 0.0457. The second-order valence-corrected chi connectivity index (χ2v) is 10.4. The maximum atomic E-state index is 13.3. The van der Waals surface area contributed by atoms with Gasteiger partial charge in [0.15, 0.2) is 5.78 Å². The highest BCUT2D eigenvalue weighted by atomic mass is 16.3. The van der Waals surface area contributed by atoms with Crippen LogP contribution in [0, 0.1) is 5.41 Å². The highest BCUT2D eigenvalue weighted by Crippen LogP contribution is 2.40. The number of aromatic hydroxyl groups is 1. The van der Waals surface area contributed by atoms with Gasteiger partial charge in [0, 0.05) is 34.5 Å². The molecule has 2 amide bonds. The molecule has 1 aliphatic heterocycles. The molecule has 0 unspecified atom stereocenters. The van der Waals surface area contributed by atoms with Crippen LogP contribution < -0.4 is 11.1 Å². The lowest BCUT2D eigenvalue weighted by molar-refractivity contribution is 0.0962. The third-order valence-corrected chi connectivity index (χ3v) is 5.69. The number of nitrogens with zero attached hydrogens (tertiary/aromatic N) is 1. The minimum atomic E-state index is -0.668.